The molecule has 0 saturated carbocycles. The summed E-state index contributed by atoms with van der Waals surface area (Å²) in [6.45, 7) is 3.70. The van der Waals surface area contributed by atoms with E-state index >= 15 is 0 Å². The predicted octanol–water partition coefficient (Wildman–Crippen LogP) is 2.58. The molecule has 3 aromatic rings. The minimum atomic E-state index is -0.595. The Balaban J connectivity index is 1.77. The lowest BCUT2D eigenvalue weighted by Crippen LogP contribution is -2.41. The zero-order valence-corrected chi connectivity index (χ0v) is 16.1. The molecular formula is C22H22N2O5. The van der Waals surface area contributed by atoms with E-state index < -0.39 is 17.1 Å². The van der Waals surface area contributed by atoms with Gasteiger partial charge in [0, 0.05) is 37.2 Å². The number of hydrogen-bond donors (Lipinski definition) is 1. The van der Waals surface area contributed by atoms with Gasteiger partial charge < -0.3 is 19.2 Å². The maximum absolute atomic E-state index is 13.0. The van der Waals surface area contributed by atoms with Crippen molar-refractivity contribution in [3.63, 3.8) is 0 Å². The first-order valence-corrected chi connectivity index (χ1v) is 9.57. The fraction of sp³-hybridized carbons (Fsp3) is 0.318. The van der Waals surface area contributed by atoms with E-state index in [2.05, 4.69) is 4.98 Å². The average molecular weight is 394 g/mol. The highest BCUT2D eigenvalue weighted by atomic mass is 16.5. The van der Waals surface area contributed by atoms with Crippen molar-refractivity contribution in [3.8, 4) is 5.75 Å². The molecule has 4 rings (SSSR count). The Labute approximate surface area is 167 Å². The molecule has 0 radical (unpaired) electrons. The van der Waals surface area contributed by atoms with E-state index in [0.717, 1.165) is 16.5 Å². The smallest absolute Gasteiger partial charge is 0.227 e. The third-order valence-corrected chi connectivity index (χ3v) is 5.16. The lowest BCUT2D eigenvalue weighted by Gasteiger charge is -2.28. The Hall–Kier alpha value is -3.19. The number of carbonyl (C=O) groups is 1. The Morgan fingerprint density at radius 3 is 2.83 bits per heavy atom. The molecule has 0 aliphatic carbocycles. The molecule has 3 heterocycles. The van der Waals surface area contributed by atoms with Crippen molar-refractivity contribution < 1.29 is 19.1 Å². The van der Waals surface area contributed by atoms with Gasteiger partial charge in [0.2, 0.25) is 17.1 Å². The molecule has 29 heavy (non-hydrogen) atoms. The fourth-order valence-electron chi connectivity index (χ4n) is 3.65. The van der Waals surface area contributed by atoms with E-state index in [0.29, 0.717) is 32.1 Å². The highest BCUT2D eigenvalue weighted by molar-refractivity contribution is 5.81. The second-order valence-electron chi connectivity index (χ2n) is 7.14. The third-order valence-electron chi connectivity index (χ3n) is 5.16. The molecule has 150 valence electrons. The minimum absolute atomic E-state index is 0.0751. The van der Waals surface area contributed by atoms with Gasteiger partial charge in [0.25, 0.3) is 0 Å². The molecule has 1 saturated heterocycles. The first kappa shape index (κ1) is 19.1. The lowest BCUT2D eigenvalue weighted by atomic mass is 9.90. The van der Waals surface area contributed by atoms with Crippen molar-refractivity contribution in [1.29, 1.82) is 0 Å². The van der Waals surface area contributed by atoms with Crippen LogP contribution in [0.4, 0.5) is 0 Å². The number of aromatic nitrogens is 1. The number of fused-ring (bicyclic) bond motifs is 1. The molecule has 1 N–H and O–H groups in total. The van der Waals surface area contributed by atoms with Gasteiger partial charge in [-0.25, -0.2) is 0 Å². The zero-order valence-electron chi connectivity index (χ0n) is 16.1. The molecule has 1 aliphatic rings. The number of aromatic hydroxyl groups is 1. The van der Waals surface area contributed by atoms with Gasteiger partial charge in [-0.1, -0.05) is 12.1 Å². The van der Waals surface area contributed by atoms with Crippen LogP contribution in [0.25, 0.3) is 10.9 Å². The summed E-state index contributed by atoms with van der Waals surface area (Å²) >= 11 is 0. The molecule has 1 unspecified atom stereocenters. The molecule has 0 spiro atoms. The normalized spacial score (nSPS) is 15.4. The highest BCUT2D eigenvalue weighted by Crippen LogP contribution is 2.34. The van der Waals surface area contributed by atoms with Crippen LogP contribution in [0.5, 0.6) is 5.75 Å². The quantitative estimate of drug-likeness (QED) is 0.731. The van der Waals surface area contributed by atoms with Gasteiger partial charge in [-0.3, -0.25) is 14.6 Å². The first-order valence-electron chi connectivity index (χ1n) is 9.57. The van der Waals surface area contributed by atoms with Gasteiger partial charge in [-0.15, -0.1) is 0 Å². The standard InChI is InChI=1S/C22H22N2O5/c1-14-11-19(25)21(27)22(29-14)17(13-20(26)24-7-9-28-10-8-24)15-4-5-18-16(12-15)3-2-6-23-18/h2-6,11-12,17,27H,7-10,13H2,1H3. The Morgan fingerprint density at radius 2 is 2.03 bits per heavy atom. The van der Waals surface area contributed by atoms with Gasteiger partial charge in [0.1, 0.15) is 5.76 Å². The van der Waals surface area contributed by atoms with Gasteiger partial charge in [-0.05, 0) is 30.7 Å². The maximum Gasteiger partial charge on any atom is 0.227 e. The number of benzene rings is 1. The first-order chi connectivity index (χ1) is 14.0. The average Bonchev–Trinajstić information content (AvgIpc) is 2.75. The molecule has 7 heteroatoms. The van der Waals surface area contributed by atoms with Crippen LogP contribution in [0, 0.1) is 6.92 Å². The van der Waals surface area contributed by atoms with Crippen LogP contribution in [0.15, 0.2) is 51.8 Å². The number of hydrogen-bond acceptors (Lipinski definition) is 6. The number of ether oxygens (including phenoxy) is 1. The molecule has 1 atom stereocenters. The second kappa shape index (κ2) is 8.05. The van der Waals surface area contributed by atoms with Crippen molar-refractivity contribution >= 4 is 16.8 Å². The van der Waals surface area contributed by atoms with E-state index in [1.54, 1.807) is 18.0 Å². The van der Waals surface area contributed by atoms with E-state index in [4.69, 9.17) is 9.15 Å². The summed E-state index contributed by atoms with van der Waals surface area (Å²) in [5, 5.41) is 11.3. The number of rotatable bonds is 4. The zero-order chi connectivity index (χ0) is 20.4. The van der Waals surface area contributed by atoms with Crippen molar-refractivity contribution in [2.24, 2.45) is 0 Å². The van der Waals surface area contributed by atoms with Crippen LogP contribution in [0.2, 0.25) is 0 Å². The number of amides is 1. The van der Waals surface area contributed by atoms with Crippen LogP contribution in [-0.2, 0) is 9.53 Å². The van der Waals surface area contributed by atoms with Gasteiger partial charge in [-0.2, -0.15) is 0 Å². The monoisotopic (exact) mass is 394 g/mol. The summed E-state index contributed by atoms with van der Waals surface area (Å²) < 4.78 is 11.1. The lowest BCUT2D eigenvalue weighted by molar-refractivity contribution is -0.135. The van der Waals surface area contributed by atoms with Gasteiger partial charge in [0.15, 0.2) is 5.76 Å². The van der Waals surface area contributed by atoms with Crippen LogP contribution < -0.4 is 5.43 Å². The second-order valence-corrected chi connectivity index (χ2v) is 7.14. The Morgan fingerprint density at radius 1 is 1.24 bits per heavy atom. The summed E-state index contributed by atoms with van der Waals surface area (Å²) in [5.74, 6) is -0.633. The SMILES string of the molecule is Cc1cc(=O)c(O)c(C(CC(=O)N2CCOCC2)c2ccc3ncccc3c2)o1. The molecule has 0 bridgehead atoms. The van der Waals surface area contributed by atoms with Gasteiger partial charge >= 0.3 is 0 Å². The molecular weight excluding hydrogens is 372 g/mol. The summed E-state index contributed by atoms with van der Waals surface area (Å²) in [7, 11) is 0. The van der Waals surface area contributed by atoms with E-state index in [9.17, 15) is 14.7 Å². The number of morpholine rings is 1. The molecule has 1 fully saturated rings. The Kier molecular flexibility index (Phi) is 5.31. The van der Waals surface area contributed by atoms with Crippen molar-refractivity contribution in [1.82, 2.24) is 9.88 Å². The summed E-state index contributed by atoms with van der Waals surface area (Å²) in [6, 6.07) is 10.6. The maximum atomic E-state index is 13.0. The van der Waals surface area contributed by atoms with Crippen LogP contribution >= 0.6 is 0 Å². The third kappa shape index (κ3) is 4.00. The van der Waals surface area contributed by atoms with Crippen LogP contribution in [0.1, 0.15) is 29.4 Å². The molecule has 1 amide bonds. The highest BCUT2D eigenvalue weighted by Gasteiger charge is 2.28. The van der Waals surface area contributed by atoms with Crippen molar-refractivity contribution in [2.75, 3.05) is 26.3 Å². The van der Waals surface area contributed by atoms with E-state index in [1.807, 2.05) is 30.3 Å². The fourth-order valence-corrected chi connectivity index (χ4v) is 3.65. The van der Waals surface area contributed by atoms with Crippen molar-refractivity contribution in [2.45, 2.75) is 19.3 Å². The summed E-state index contributed by atoms with van der Waals surface area (Å²) in [5.41, 5.74) is 1.08. The van der Waals surface area contributed by atoms with E-state index in [1.165, 1.54) is 6.07 Å². The van der Waals surface area contributed by atoms with Crippen molar-refractivity contribution in [3.05, 3.63) is 69.9 Å². The van der Waals surface area contributed by atoms with E-state index in [-0.39, 0.29) is 18.1 Å². The molecule has 1 aliphatic heterocycles. The summed E-state index contributed by atoms with van der Waals surface area (Å²) in [6.07, 6.45) is 1.79. The molecule has 2 aromatic heterocycles. The number of carbonyl (C=O) groups excluding carboxylic acids is 1. The largest absolute Gasteiger partial charge is 0.502 e. The van der Waals surface area contributed by atoms with Crippen LogP contribution in [0.3, 0.4) is 0 Å². The molecule has 7 nitrogen and oxygen atoms in total. The predicted molar refractivity (Wildman–Crippen MR) is 107 cm³/mol. The van der Waals surface area contributed by atoms with Crippen LogP contribution in [-0.4, -0.2) is 47.2 Å². The number of nitrogens with zero attached hydrogens (tertiary/aromatic N) is 2. The number of aryl methyl sites for hydroxylation is 1. The Bertz CT molecular complexity index is 1100. The van der Waals surface area contributed by atoms with Gasteiger partial charge in [0.05, 0.1) is 24.6 Å². The minimum Gasteiger partial charge on any atom is -0.502 e. The number of pyridine rings is 1. The summed E-state index contributed by atoms with van der Waals surface area (Å²) in [4.78, 5) is 31.2. The molecule has 1 aromatic carbocycles. The topological polar surface area (TPSA) is 92.9 Å².